The highest BCUT2D eigenvalue weighted by Crippen LogP contribution is 2.16. The van der Waals surface area contributed by atoms with Crippen molar-refractivity contribution >= 4 is 21.9 Å². The number of hydrogen-bond donors (Lipinski definition) is 0. The van der Waals surface area contributed by atoms with Crippen molar-refractivity contribution < 1.29 is 14.3 Å². The van der Waals surface area contributed by atoms with Gasteiger partial charge in [-0.1, -0.05) is 28.1 Å². The monoisotopic (exact) mass is 313 g/mol. The molecule has 0 saturated carbocycles. The summed E-state index contributed by atoms with van der Waals surface area (Å²) in [5.41, 5.74) is 1.18. The molecule has 0 spiro atoms. The van der Waals surface area contributed by atoms with Gasteiger partial charge >= 0.3 is 5.97 Å². The molecule has 0 radical (unpaired) electrons. The largest absolute Gasteiger partial charge is 0.468 e. The lowest BCUT2D eigenvalue weighted by atomic mass is 10.1. The second-order valence-electron chi connectivity index (χ2n) is 4.21. The number of carbonyl (C=O) groups is 1. The van der Waals surface area contributed by atoms with Gasteiger partial charge in [0.1, 0.15) is 6.04 Å². The molecule has 1 atom stereocenters. The van der Waals surface area contributed by atoms with Crippen LogP contribution in [0.2, 0.25) is 0 Å². The number of ether oxygens (including phenoxy) is 2. The Kier molecular flexibility index (Phi) is 4.74. The van der Waals surface area contributed by atoms with Gasteiger partial charge in [-0.05, 0) is 17.7 Å². The molecule has 1 fully saturated rings. The molecule has 1 aromatic rings. The predicted octanol–water partition coefficient (Wildman–Crippen LogP) is 1.82. The summed E-state index contributed by atoms with van der Waals surface area (Å²) in [7, 11) is 1.41. The number of rotatable bonds is 3. The number of hydrogen-bond acceptors (Lipinski definition) is 4. The SMILES string of the molecule is COC(=O)C1COCCN1Cc1ccc(Br)cc1. The summed E-state index contributed by atoms with van der Waals surface area (Å²) in [5.74, 6) is -0.230. The third-order valence-corrected chi connectivity index (χ3v) is 3.54. The Morgan fingerprint density at radius 1 is 1.50 bits per heavy atom. The van der Waals surface area contributed by atoms with E-state index in [0.717, 1.165) is 17.6 Å². The van der Waals surface area contributed by atoms with Crippen LogP contribution in [-0.2, 0) is 20.8 Å². The quantitative estimate of drug-likeness (QED) is 0.798. The molecule has 0 bridgehead atoms. The molecule has 1 aliphatic heterocycles. The maximum atomic E-state index is 11.7. The van der Waals surface area contributed by atoms with Gasteiger partial charge < -0.3 is 9.47 Å². The first-order valence-electron chi connectivity index (χ1n) is 5.85. The maximum Gasteiger partial charge on any atom is 0.325 e. The molecule has 0 N–H and O–H groups in total. The van der Waals surface area contributed by atoms with Gasteiger partial charge in [0.25, 0.3) is 0 Å². The van der Waals surface area contributed by atoms with Gasteiger partial charge in [-0.3, -0.25) is 9.69 Å². The average Bonchev–Trinajstić information content (AvgIpc) is 2.41. The van der Waals surface area contributed by atoms with E-state index in [1.54, 1.807) is 0 Å². The Balaban J connectivity index is 2.05. The normalized spacial score (nSPS) is 20.7. The highest BCUT2D eigenvalue weighted by molar-refractivity contribution is 9.10. The molecule has 1 aromatic carbocycles. The van der Waals surface area contributed by atoms with Gasteiger partial charge in [-0.25, -0.2) is 0 Å². The number of morpholine rings is 1. The maximum absolute atomic E-state index is 11.7. The van der Waals surface area contributed by atoms with Crippen molar-refractivity contribution in [2.75, 3.05) is 26.9 Å². The highest BCUT2D eigenvalue weighted by Gasteiger charge is 2.30. The van der Waals surface area contributed by atoms with Crippen LogP contribution in [0.5, 0.6) is 0 Å². The second-order valence-corrected chi connectivity index (χ2v) is 5.13. The number of methoxy groups -OCH3 is 1. The average molecular weight is 314 g/mol. The third kappa shape index (κ3) is 3.31. The van der Waals surface area contributed by atoms with E-state index < -0.39 is 0 Å². The van der Waals surface area contributed by atoms with Gasteiger partial charge in [0, 0.05) is 17.6 Å². The van der Waals surface area contributed by atoms with Crippen molar-refractivity contribution in [3.05, 3.63) is 34.3 Å². The molecule has 18 heavy (non-hydrogen) atoms. The number of esters is 1. The van der Waals surface area contributed by atoms with Crippen LogP contribution in [0.4, 0.5) is 0 Å². The van der Waals surface area contributed by atoms with E-state index in [0.29, 0.717) is 13.2 Å². The van der Waals surface area contributed by atoms with E-state index in [2.05, 4.69) is 20.8 Å². The smallest absolute Gasteiger partial charge is 0.325 e. The molecule has 0 amide bonds. The highest BCUT2D eigenvalue weighted by atomic mass is 79.9. The molecular formula is C13H16BrNO3. The number of benzene rings is 1. The van der Waals surface area contributed by atoms with Crippen molar-refractivity contribution in [1.82, 2.24) is 4.90 Å². The first-order valence-corrected chi connectivity index (χ1v) is 6.64. The van der Waals surface area contributed by atoms with E-state index in [4.69, 9.17) is 9.47 Å². The van der Waals surface area contributed by atoms with Gasteiger partial charge in [-0.2, -0.15) is 0 Å². The number of halogens is 1. The van der Waals surface area contributed by atoms with Crippen LogP contribution in [0.3, 0.4) is 0 Å². The van der Waals surface area contributed by atoms with Crippen LogP contribution in [0, 0.1) is 0 Å². The number of carbonyl (C=O) groups excluding carboxylic acids is 1. The Bertz CT molecular complexity index is 407. The van der Waals surface area contributed by atoms with E-state index in [-0.39, 0.29) is 12.0 Å². The minimum absolute atomic E-state index is 0.230. The summed E-state index contributed by atoms with van der Waals surface area (Å²) in [6.45, 7) is 2.54. The van der Waals surface area contributed by atoms with Gasteiger partial charge in [0.05, 0.1) is 20.3 Å². The standard InChI is InChI=1S/C13H16BrNO3/c1-17-13(16)12-9-18-7-6-15(12)8-10-2-4-11(14)5-3-10/h2-5,12H,6-9H2,1H3. The lowest BCUT2D eigenvalue weighted by Gasteiger charge is -2.33. The van der Waals surface area contributed by atoms with Crippen LogP contribution in [0.15, 0.2) is 28.7 Å². The van der Waals surface area contributed by atoms with Crippen LogP contribution >= 0.6 is 15.9 Å². The van der Waals surface area contributed by atoms with Crippen molar-refractivity contribution in [2.24, 2.45) is 0 Å². The van der Waals surface area contributed by atoms with Crippen LogP contribution in [0.1, 0.15) is 5.56 Å². The summed E-state index contributed by atoms with van der Waals surface area (Å²) in [6.07, 6.45) is 0. The van der Waals surface area contributed by atoms with Crippen molar-refractivity contribution in [1.29, 1.82) is 0 Å². The summed E-state index contributed by atoms with van der Waals surface area (Å²) in [6, 6.07) is 7.81. The fraction of sp³-hybridized carbons (Fsp3) is 0.462. The zero-order chi connectivity index (χ0) is 13.0. The molecule has 5 heteroatoms. The molecule has 98 valence electrons. The van der Waals surface area contributed by atoms with Crippen molar-refractivity contribution in [3.8, 4) is 0 Å². The number of nitrogens with zero attached hydrogens (tertiary/aromatic N) is 1. The second kappa shape index (κ2) is 6.31. The van der Waals surface area contributed by atoms with E-state index >= 15 is 0 Å². The van der Waals surface area contributed by atoms with E-state index in [9.17, 15) is 4.79 Å². The molecule has 4 nitrogen and oxygen atoms in total. The Morgan fingerprint density at radius 2 is 2.22 bits per heavy atom. The molecule has 2 rings (SSSR count). The Morgan fingerprint density at radius 3 is 2.89 bits per heavy atom. The van der Waals surface area contributed by atoms with Crippen LogP contribution in [0.25, 0.3) is 0 Å². The fourth-order valence-corrected chi connectivity index (χ4v) is 2.27. The van der Waals surface area contributed by atoms with Gasteiger partial charge in [0.15, 0.2) is 0 Å². The molecule has 1 unspecified atom stereocenters. The lowest BCUT2D eigenvalue weighted by Crippen LogP contribution is -2.49. The summed E-state index contributed by atoms with van der Waals surface area (Å²) >= 11 is 3.41. The minimum Gasteiger partial charge on any atom is -0.468 e. The third-order valence-electron chi connectivity index (χ3n) is 3.01. The van der Waals surface area contributed by atoms with Gasteiger partial charge in [-0.15, -0.1) is 0 Å². The molecule has 0 aromatic heterocycles. The zero-order valence-corrected chi connectivity index (χ0v) is 11.9. The Hall–Kier alpha value is -0.910. The molecule has 1 saturated heterocycles. The molecule has 0 aliphatic carbocycles. The lowest BCUT2D eigenvalue weighted by molar-refractivity contribution is -0.153. The van der Waals surface area contributed by atoms with Crippen LogP contribution in [-0.4, -0.2) is 43.8 Å². The topological polar surface area (TPSA) is 38.8 Å². The van der Waals surface area contributed by atoms with Crippen molar-refractivity contribution in [3.63, 3.8) is 0 Å². The summed E-state index contributed by atoms with van der Waals surface area (Å²) in [4.78, 5) is 13.8. The molecule has 1 heterocycles. The van der Waals surface area contributed by atoms with E-state index in [1.165, 1.54) is 12.7 Å². The first kappa shape index (κ1) is 13.5. The summed E-state index contributed by atoms with van der Waals surface area (Å²) < 4.78 is 11.2. The zero-order valence-electron chi connectivity index (χ0n) is 10.3. The minimum atomic E-state index is -0.299. The van der Waals surface area contributed by atoms with Crippen molar-refractivity contribution in [2.45, 2.75) is 12.6 Å². The fourth-order valence-electron chi connectivity index (χ4n) is 2.00. The van der Waals surface area contributed by atoms with E-state index in [1.807, 2.05) is 24.3 Å². The molecule has 1 aliphatic rings. The summed E-state index contributed by atoms with van der Waals surface area (Å²) in [5, 5.41) is 0. The Labute approximate surface area is 115 Å². The predicted molar refractivity (Wildman–Crippen MR) is 71.2 cm³/mol. The van der Waals surface area contributed by atoms with Gasteiger partial charge in [0.2, 0.25) is 0 Å². The first-order chi connectivity index (χ1) is 8.70. The van der Waals surface area contributed by atoms with Crippen LogP contribution < -0.4 is 0 Å². The molecular weight excluding hydrogens is 298 g/mol.